The van der Waals surface area contributed by atoms with Crippen molar-refractivity contribution >= 4 is 17.8 Å². The van der Waals surface area contributed by atoms with E-state index in [0.29, 0.717) is 37.5 Å². The maximum absolute atomic E-state index is 13.0. The quantitative estimate of drug-likeness (QED) is 0.572. The van der Waals surface area contributed by atoms with Crippen LogP contribution >= 0.6 is 0 Å². The molecule has 9 nitrogen and oxygen atoms in total. The van der Waals surface area contributed by atoms with Gasteiger partial charge in [0.1, 0.15) is 5.82 Å². The molecule has 2 heterocycles. The van der Waals surface area contributed by atoms with Crippen LogP contribution < -0.4 is 0 Å². The van der Waals surface area contributed by atoms with Gasteiger partial charge in [-0.15, -0.1) is 0 Å². The molecule has 10 heteroatoms. The number of halogens is 1. The number of amides is 2. The number of hydrogen-bond donors (Lipinski definition) is 0. The van der Waals surface area contributed by atoms with E-state index >= 15 is 0 Å². The number of esters is 1. The van der Waals surface area contributed by atoms with Crippen LogP contribution in [0.5, 0.6) is 0 Å². The molecule has 2 amide bonds. The van der Waals surface area contributed by atoms with Gasteiger partial charge >= 0.3 is 5.97 Å². The Kier molecular flexibility index (Phi) is 7.91. The molecule has 1 aliphatic rings. The Morgan fingerprint density at radius 3 is 2.75 bits per heavy atom. The Bertz CT molecular complexity index is 946. The van der Waals surface area contributed by atoms with Crippen LogP contribution in [0.3, 0.4) is 0 Å². The summed E-state index contributed by atoms with van der Waals surface area (Å²) < 4.78 is 23.3. The van der Waals surface area contributed by atoms with Crippen LogP contribution in [0.2, 0.25) is 0 Å². The zero-order valence-electron chi connectivity index (χ0n) is 18.3. The Morgan fingerprint density at radius 1 is 1.28 bits per heavy atom. The molecule has 2 aromatic rings. The van der Waals surface area contributed by atoms with Crippen molar-refractivity contribution < 1.29 is 28.0 Å². The van der Waals surface area contributed by atoms with Crippen molar-refractivity contribution in [2.24, 2.45) is 5.92 Å². The first-order valence-corrected chi connectivity index (χ1v) is 10.6. The van der Waals surface area contributed by atoms with Gasteiger partial charge in [0.25, 0.3) is 0 Å². The molecular formula is C22H27FN4O5. The van der Waals surface area contributed by atoms with E-state index in [9.17, 15) is 18.8 Å². The molecule has 0 aliphatic carbocycles. The molecule has 32 heavy (non-hydrogen) atoms. The van der Waals surface area contributed by atoms with Gasteiger partial charge in [-0.05, 0) is 44.0 Å². The normalized spacial score (nSPS) is 16.0. The monoisotopic (exact) mass is 446 g/mol. The zero-order chi connectivity index (χ0) is 23.1. The summed E-state index contributed by atoms with van der Waals surface area (Å²) in [7, 11) is 1.56. The minimum atomic E-state index is -0.360. The summed E-state index contributed by atoms with van der Waals surface area (Å²) in [5.74, 6) is -0.801. The lowest BCUT2D eigenvalue weighted by atomic mass is 9.98. The molecular weight excluding hydrogens is 419 g/mol. The van der Waals surface area contributed by atoms with E-state index < -0.39 is 0 Å². The summed E-state index contributed by atoms with van der Waals surface area (Å²) in [4.78, 5) is 44.2. The molecule has 1 atom stereocenters. The van der Waals surface area contributed by atoms with E-state index in [1.54, 1.807) is 31.0 Å². The number of nitrogens with zero attached hydrogens (tertiary/aromatic N) is 4. The van der Waals surface area contributed by atoms with Crippen molar-refractivity contribution in [3.8, 4) is 11.4 Å². The summed E-state index contributed by atoms with van der Waals surface area (Å²) >= 11 is 0. The fourth-order valence-corrected chi connectivity index (χ4v) is 3.52. The largest absolute Gasteiger partial charge is 0.466 e. The van der Waals surface area contributed by atoms with Crippen molar-refractivity contribution in [3.05, 3.63) is 36.0 Å². The van der Waals surface area contributed by atoms with E-state index in [4.69, 9.17) is 9.26 Å². The predicted molar refractivity (Wildman–Crippen MR) is 112 cm³/mol. The minimum Gasteiger partial charge on any atom is -0.466 e. The molecule has 0 radical (unpaired) electrons. The number of hydrogen-bond acceptors (Lipinski definition) is 7. The summed E-state index contributed by atoms with van der Waals surface area (Å²) in [6, 6.07) is 5.69. The SMILES string of the molecule is CCOC(=O)C1CCCN(C(=O)CN(C)C(=O)CCc2nc(-c3ccc(F)cc3)no2)C1. The third-order valence-corrected chi connectivity index (χ3v) is 5.32. The standard InChI is InChI=1S/C22H27FN4O5/c1-3-31-22(30)16-5-4-12-27(13-16)20(29)14-26(2)19(28)11-10-18-24-21(25-32-18)15-6-8-17(23)9-7-15/h6-9,16H,3-5,10-14H2,1-2H3. The third-order valence-electron chi connectivity index (χ3n) is 5.32. The van der Waals surface area contributed by atoms with Gasteiger partial charge in [-0.3, -0.25) is 14.4 Å². The van der Waals surface area contributed by atoms with E-state index in [1.807, 2.05) is 0 Å². The van der Waals surface area contributed by atoms with Gasteiger partial charge in [-0.2, -0.15) is 4.98 Å². The van der Waals surface area contributed by atoms with Gasteiger partial charge in [0.05, 0.1) is 19.1 Å². The maximum atomic E-state index is 13.0. The summed E-state index contributed by atoms with van der Waals surface area (Å²) in [5.41, 5.74) is 0.609. The molecule has 0 N–H and O–H groups in total. The Balaban J connectivity index is 1.47. The molecule has 1 aromatic heterocycles. The first kappa shape index (κ1) is 23.4. The number of likely N-dealkylation sites (N-methyl/N-ethyl adjacent to an activating group) is 1. The molecule has 1 aliphatic heterocycles. The number of benzene rings is 1. The second-order valence-electron chi connectivity index (χ2n) is 7.70. The van der Waals surface area contributed by atoms with E-state index in [0.717, 1.165) is 6.42 Å². The molecule has 0 bridgehead atoms. The topological polar surface area (TPSA) is 106 Å². The number of piperidine rings is 1. The van der Waals surface area contributed by atoms with Gasteiger partial charge < -0.3 is 19.1 Å². The number of carbonyl (C=O) groups is 3. The molecule has 1 saturated heterocycles. The average Bonchev–Trinajstić information content (AvgIpc) is 3.27. The first-order chi connectivity index (χ1) is 15.4. The van der Waals surface area contributed by atoms with E-state index in [2.05, 4.69) is 10.1 Å². The third kappa shape index (κ3) is 6.12. The summed E-state index contributed by atoms with van der Waals surface area (Å²) in [6.45, 7) is 2.87. The van der Waals surface area contributed by atoms with Crippen molar-refractivity contribution in [2.75, 3.05) is 33.3 Å². The molecule has 1 fully saturated rings. The van der Waals surface area contributed by atoms with Gasteiger partial charge in [0, 0.05) is 38.5 Å². The molecule has 172 valence electrons. The van der Waals surface area contributed by atoms with E-state index in [1.165, 1.54) is 17.0 Å². The number of likely N-dealkylation sites (tertiary alicyclic amines) is 1. The van der Waals surface area contributed by atoms with Crippen molar-refractivity contribution in [3.63, 3.8) is 0 Å². The highest BCUT2D eigenvalue weighted by Crippen LogP contribution is 2.19. The highest BCUT2D eigenvalue weighted by atomic mass is 19.1. The van der Waals surface area contributed by atoms with Crippen LogP contribution in [0.1, 0.15) is 32.1 Å². The van der Waals surface area contributed by atoms with Crippen LogP contribution in [0.25, 0.3) is 11.4 Å². The van der Waals surface area contributed by atoms with Crippen molar-refractivity contribution in [2.45, 2.75) is 32.6 Å². The number of carbonyl (C=O) groups excluding carboxylic acids is 3. The van der Waals surface area contributed by atoms with Gasteiger partial charge in [0.2, 0.25) is 23.5 Å². The molecule has 1 aromatic carbocycles. The predicted octanol–water partition coefficient (Wildman–Crippen LogP) is 2.07. The number of aryl methyl sites for hydroxylation is 1. The Labute approximate surface area is 185 Å². The van der Waals surface area contributed by atoms with Gasteiger partial charge in [-0.1, -0.05) is 5.16 Å². The highest BCUT2D eigenvalue weighted by Gasteiger charge is 2.30. The smallest absolute Gasteiger partial charge is 0.310 e. The molecule has 0 saturated carbocycles. The van der Waals surface area contributed by atoms with Crippen LogP contribution in [-0.4, -0.2) is 71.0 Å². The number of ether oxygens (including phenoxy) is 1. The Hall–Kier alpha value is -3.30. The lowest BCUT2D eigenvalue weighted by Crippen LogP contribution is -2.47. The second kappa shape index (κ2) is 10.8. The number of aromatic nitrogens is 2. The van der Waals surface area contributed by atoms with Crippen molar-refractivity contribution in [1.82, 2.24) is 19.9 Å². The molecule has 1 unspecified atom stereocenters. The second-order valence-corrected chi connectivity index (χ2v) is 7.70. The fraction of sp³-hybridized carbons (Fsp3) is 0.500. The molecule has 0 spiro atoms. The lowest BCUT2D eigenvalue weighted by molar-refractivity contribution is -0.152. The number of rotatable bonds is 8. The van der Waals surface area contributed by atoms with Crippen LogP contribution in [-0.2, 0) is 25.5 Å². The fourth-order valence-electron chi connectivity index (χ4n) is 3.52. The maximum Gasteiger partial charge on any atom is 0.310 e. The summed E-state index contributed by atoms with van der Waals surface area (Å²) in [6.07, 6.45) is 1.74. The highest BCUT2D eigenvalue weighted by molar-refractivity contribution is 5.85. The van der Waals surface area contributed by atoms with Crippen LogP contribution in [0, 0.1) is 11.7 Å². The minimum absolute atomic E-state index is 0.0704. The van der Waals surface area contributed by atoms with Crippen LogP contribution in [0.4, 0.5) is 4.39 Å². The average molecular weight is 446 g/mol. The van der Waals surface area contributed by atoms with Crippen LogP contribution in [0.15, 0.2) is 28.8 Å². The van der Waals surface area contributed by atoms with Crippen molar-refractivity contribution in [1.29, 1.82) is 0 Å². The molecule has 3 rings (SSSR count). The lowest BCUT2D eigenvalue weighted by Gasteiger charge is -2.32. The first-order valence-electron chi connectivity index (χ1n) is 10.6. The Morgan fingerprint density at radius 2 is 2.03 bits per heavy atom. The van der Waals surface area contributed by atoms with Gasteiger partial charge in [-0.25, -0.2) is 4.39 Å². The summed E-state index contributed by atoms with van der Waals surface area (Å²) in [5, 5.41) is 3.85. The van der Waals surface area contributed by atoms with E-state index in [-0.39, 0.29) is 54.8 Å². The zero-order valence-corrected chi connectivity index (χ0v) is 18.3. The van der Waals surface area contributed by atoms with Gasteiger partial charge in [0.15, 0.2) is 0 Å².